The van der Waals surface area contributed by atoms with E-state index in [1.54, 1.807) is 30.5 Å². The average Bonchev–Trinajstić information content (AvgIpc) is 3.41. The van der Waals surface area contributed by atoms with Crippen molar-refractivity contribution in [3.63, 3.8) is 0 Å². The number of hydrogen-bond acceptors (Lipinski definition) is 12. The molecule has 4 aromatic rings. The van der Waals surface area contributed by atoms with Gasteiger partial charge in [-0.25, -0.2) is 14.8 Å². The third-order valence-corrected chi connectivity index (χ3v) is 5.64. The molecule has 4 rings (SSSR count). The molecule has 206 valence electrons. The van der Waals surface area contributed by atoms with Crippen molar-refractivity contribution in [2.75, 3.05) is 0 Å². The first-order chi connectivity index (χ1) is 19.3. The van der Waals surface area contributed by atoms with Crippen molar-refractivity contribution in [2.45, 2.75) is 31.5 Å². The summed E-state index contributed by atoms with van der Waals surface area (Å²) in [6.45, 7) is 0.370. The van der Waals surface area contributed by atoms with Gasteiger partial charge in [-0.15, -0.1) is 0 Å². The highest BCUT2D eigenvalue weighted by Crippen LogP contribution is 2.30. The minimum Gasteiger partial charge on any atom is -0.479 e. The van der Waals surface area contributed by atoms with Gasteiger partial charge in [0, 0.05) is 30.9 Å². The van der Waals surface area contributed by atoms with E-state index in [2.05, 4.69) is 20.0 Å². The number of nitrogens with zero attached hydrogens (tertiary/aromatic N) is 3. The Labute approximate surface area is 227 Å². The Hall–Kier alpha value is -5.14. The zero-order valence-corrected chi connectivity index (χ0v) is 20.9. The molecule has 0 radical (unpaired) electrons. The van der Waals surface area contributed by atoms with Gasteiger partial charge in [0.25, 0.3) is 0 Å². The molecule has 3 heterocycles. The van der Waals surface area contributed by atoms with Crippen molar-refractivity contribution >= 4 is 17.9 Å². The second-order valence-electron chi connectivity index (χ2n) is 8.64. The fourth-order valence-electron chi connectivity index (χ4n) is 3.61. The minimum absolute atomic E-state index is 0.207. The van der Waals surface area contributed by atoms with E-state index in [0.717, 1.165) is 11.1 Å². The number of esters is 1. The van der Waals surface area contributed by atoms with Gasteiger partial charge in [0.15, 0.2) is 11.4 Å². The van der Waals surface area contributed by atoms with Crippen LogP contribution in [0.3, 0.4) is 0 Å². The quantitative estimate of drug-likeness (QED) is 0.172. The topological polar surface area (TPSA) is 197 Å². The van der Waals surface area contributed by atoms with Gasteiger partial charge < -0.3 is 29.0 Å². The van der Waals surface area contributed by atoms with E-state index in [0.29, 0.717) is 24.6 Å². The molecule has 0 amide bonds. The molecule has 3 aromatic heterocycles. The van der Waals surface area contributed by atoms with Crippen LogP contribution in [0, 0.1) is 0 Å². The molecule has 0 aliphatic heterocycles. The summed E-state index contributed by atoms with van der Waals surface area (Å²) in [5.74, 6) is 1.06. The Bertz CT molecular complexity index is 1470. The highest BCUT2D eigenvalue weighted by Gasteiger charge is 2.42. The van der Waals surface area contributed by atoms with E-state index < -0.39 is 36.4 Å². The monoisotopic (exact) mass is 548 g/mol. The molecular formula is C27H24N4O9. The number of ether oxygens (including phenoxy) is 2. The summed E-state index contributed by atoms with van der Waals surface area (Å²) >= 11 is 0. The summed E-state index contributed by atoms with van der Waals surface area (Å²) in [5.41, 5.74) is -0.0110. The third-order valence-electron chi connectivity index (χ3n) is 5.64. The van der Waals surface area contributed by atoms with Crippen molar-refractivity contribution in [1.29, 1.82) is 0 Å². The van der Waals surface area contributed by atoms with Crippen molar-refractivity contribution in [3.05, 3.63) is 89.9 Å². The number of hydrogen-bond donors (Lipinski definition) is 3. The maximum absolute atomic E-state index is 12.5. The Kier molecular flexibility index (Phi) is 8.79. The number of aromatic nitrogens is 3. The van der Waals surface area contributed by atoms with Crippen LogP contribution in [0.2, 0.25) is 0 Å². The lowest BCUT2D eigenvalue weighted by Crippen LogP contribution is -2.44. The Balaban J connectivity index is 1.40. The molecule has 0 bridgehead atoms. The molecule has 13 heteroatoms. The molecule has 0 fully saturated rings. The van der Waals surface area contributed by atoms with Gasteiger partial charge in [0.05, 0.1) is 24.1 Å². The van der Waals surface area contributed by atoms with Crippen LogP contribution in [0.5, 0.6) is 11.8 Å². The summed E-state index contributed by atoms with van der Waals surface area (Å²) in [6, 6.07) is 18.0. The molecule has 0 aliphatic carbocycles. The van der Waals surface area contributed by atoms with Crippen LogP contribution >= 0.6 is 0 Å². The maximum Gasteiger partial charge on any atom is 0.336 e. The number of aliphatic carboxylic acids is 1. The zero-order valence-electron chi connectivity index (χ0n) is 20.9. The second-order valence-corrected chi connectivity index (χ2v) is 8.64. The van der Waals surface area contributed by atoms with Gasteiger partial charge >= 0.3 is 17.9 Å². The van der Waals surface area contributed by atoms with Gasteiger partial charge in [-0.1, -0.05) is 35.5 Å². The first-order valence-corrected chi connectivity index (χ1v) is 11.8. The summed E-state index contributed by atoms with van der Waals surface area (Å²) < 4.78 is 16.3. The van der Waals surface area contributed by atoms with Gasteiger partial charge in [-0.05, 0) is 29.3 Å². The highest BCUT2D eigenvalue weighted by atomic mass is 16.7. The second kappa shape index (κ2) is 12.6. The predicted octanol–water partition coefficient (Wildman–Crippen LogP) is 2.22. The van der Waals surface area contributed by atoms with Gasteiger partial charge in [-0.2, -0.15) is 5.90 Å². The number of rotatable bonds is 12. The summed E-state index contributed by atoms with van der Waals surface area (Å²) in [4.78, 5) is 47.3. The molecule has 1 aromatic carbocycles. The fourth-order valence-corrected chi connectivity index (χ4v) is 3.61. The van der Waals surface area contributed by atoms with Crippen LogP contribution in [-0.2, 0) is 32.2 Å². The van der Waals surface area contributed by atoms with Crippen LogP contribution in [-0.4, -0.2) is 48.8 Å². The smallest absolute Gasteiger partial charge is 0.336 e. The van der Waals surface area contributed by atoms with Gasteiger partial charge in [0.1, 0.15) is 6.61 Å². The molecular weight excluding hydrogens is 524 g/mol. The van der Waals surface area contributed by atoms with Crippen LogP contribution in [0.4, 0.5) is 0 Å². The number of pyridine rings is 2. The largest absolute Gasteiger partial charge is 0.479 e. The Morgan fingerprint density at radius 2 is 1.65 bits per heavy atom. The van der Waals surface area contributed by atoms with E-state index in [-0.39, 0.29) is 17.2 Å². The van der Waals surface area contributed by atoms with Crippen molar-refractivity contribution in [2.24, 2.45) is 5.90 Å². The fraction of sp³-hybridized carbons (Fsp3) is 0.185. The lowest BCUT2D eigenvalue weighted by atomic mass is 9.96. The Morgan fingerprint density at radius 3 is 2.35 bits per heavy atom. The Morgan fingerprint density at radius 1 is 0.925 bits per heavy atom. The molecule has 13 nitrogen and oxygen atoms in total. The molecule has 40 heavy (non-hydrogen) atoms. The molecule has 1 unspecified atom stereocenters. The van der Waals surface area contributed by atoms with Crippen molar-refractivity contribution < 1.29 is 43.4 Å². The average molecular weight is 549 g/mol. The van der Waals surface area contributed by atoms with Gasteiger partial charge in [-0.3, -0.25) is 9.59 Å². The van der Waals surface area contributed by atoms with Gasteiger partial charge in [0.2, 0.25) is 11.8 Å². The number of carboxylic acid groups (broad SMARTS) is 1. The van der Waals surface area contributed by atoms with Crippen LogP contribution < -0.4 is 15.4 Å². The molecule has 4 N–H and O–H groups in total. The molecule has 0 aliphatic rings. The molecule has 0 saturated heterocycles. The predicted molar refractivity (Wildman–Crippen MR) is 135 cm³/mol. The summed E-state index contributed by atoms with van der Waals surface area (Å²) in [5, 5.41) is 23.6. The molecule has 1 atom stereocenters. The van der Waals surface area contributed by atoms with E-state index in [9.17, 15) is 24.6 Å². The van der Waals surface area contributed by atoms with E-state index >= 15 is 0 Å². The van der Waals surface area contributed by atoms with Crippen molar-refractivity contribution in [1.82, 2.24) is 15.1 Å². The van der Waals surface area contributed by atoms with Crippen LogP contribution in [0.25, 0.3) is 11.3 Å². The summed E-state index contributed by atoms with van der Waals surface area (Å²) in [6.07, 6.45) is 1.32. The minimum atomic E-state index is -2.79. The number of aliphatic hydroxyl groups is 1. The van der Waals surface area contributed by atoms with Crippen LogP contribution in [0.1, 0.15) is 29.7 Å². The first-order valence-electron chi connectivity index (χ1n) is 11.8. The zero-order chi connectivity index (χ0) is 28.5. The van der Waals surface area contributed by atoms with Crippen LogP contribution in [0.15, 0.2) is 77.6 Å². The summed E-state index contributed by atoms with van der Waals surface area (Å²) in [7, 11) is 0. The maximum atomic E-state index is 12.5. The number of carbonyl (C=O) groups excluding carboxylic acids is 2. The lowest BCUT2D eigenvalue weighted by molar-refractivity contribution is -0.171. The highest BCUT2D eigenvalue weighted by molar-refractivity contribution is 5.89. The number of benzene rings is 1. The molecule has 0 saturated carbocycles. The SMILES string of the molecule is NOC(=O)CC(O)(CC(=O)Oc1ncccc1-c1cc(Cc2ccc(COc3ccccn3)cc2)no1)C(=O)O. The van der Waals surface area contributed by atoms with E-state index in [4.69, 9.17) is 19.9 Å². The number of carbonyl (C=O) groups is 3. The number of carboxylic acids is 1. The first kappa shape index (κ1) is 27.9. The lowest BCUT2D eigenvalue weighted by Gasteiger charge is -2.20. The van der Waals surface area contributed by atoms with E-state index in [1.807, 2.05) is 36.4 Å². The third kappa shape index (κ3) is 7.24. The standard InChI is InChI=1S/C27H24N4O9/c28-39-24(33)15-27(36,26(34)35)14-23(32)38-25-20(4-3-11-30-25)21-13-19(31-40-21)12-17-6-8-18(9-7-17)16-37-22-5-1-2-10-29-22/h1-11,13,36H,12,14-16,28H2,(H,34,35). The molecule has 0 spiro atoms. The van der Waals surface area contributed by atoms with Crippen molar-refractivity contribution in [3.8, 4) is 23.1 Å². The number of nitrogens with two attached hydrogens (primary N) is 1. The normalized spacial score (nSPS) is 12.2. The van der Waals surface area contributed by atoms with E-state index in [1.165, 1.54) is 6.20 Å².